The molecule has 0 spiro atoms. The summed E-state index contributed by atoms with van der Waals surface area (Å²) in [5, 5.41) is 11.9. The number of pyridine rings is 1. The first kappa shape index (κ1) is 14.9. The summed E-state index contributed by atoms with van der Waals surface area (Å²) in [5.41, 5.74) is 1.26. The second-order valence-electron chi connectivity index (χ2n) is 4.53. The molecule has 0 atom stereocenters. The van der Waals surface area contributed by atoms with E-state index < -0.39 is 11.7 Å². The SMILES string of the molecule is Cc1ccc(CNc2ccc(C(F)(F)F)cc2C#N)cn1. The molecule has 0 saturated carbocycles. The number of nitrogens with zero attached hydrogens (tertiary/aromatic N) is 2. The number of anilines is 1. The van der Waals surface area contributed by atoms with E-state index in [-0.39, 0.29) is 5.56 Å². The first-order chi connectivity index (χ1) is 9.90. The van der Waals surface area contributed by atoms with Gasteiger partial charge >= 0.3 is 6.18 Å². The Morgan fingerprint density at radius 1 is 1.24 bits per heavy atom. The molecule has 1 aromatic carbocycles. The summed E-state index contributed by atoms with van der Waals surface area (Å²) in [4.78, 5) is 4.13. The van der Waals surface area contributed by atoms with Crippen LogP contribution in [0.15, 0.2) is 36.5 Å². The molecule has 6 heteroatoms. The topological polar surface area (TPSA) is 48.7 Å². The summed E-state index contributed by atoms with van der Waals surface area (Å²) in [7, 11) is 0. The Morgan fingerprint density at radius 3 is 2.57 bits per heavy atom. The zero-order valence-electron chi connectivity index (χ0n) is 11.2. The number of aromatic nitrogens is 1. The smallest absolute Gasteiger partial charge is 0.380 e. The van der Waals surface area contributed by atoms with Crippen molar-refractivity contribution in [2.45, 2.75) is 19.6 Å². The normalized spacial score (nSPS) is 11.0. The predicted molar refractivity (Wildman–Crippen MR) is 72.5 cm³/mol. The Bertz CT molecular complexity index is 670. The minimum absolute atomic E-state index is 0.0371. The third kappa shape index (κ3) is 3.72. The van der Waals surface area contributed by atoms with Crippen molar-refractivity contribution >= 4 is 5.69 Å². The number of halogens is 3. The molecule has 3 nitrogen and oxygen atoms in total. The van der Waals surface area contributed by atoms with Crippen LogP contribution in [-0.4, -0.2) is 4.98 Å². The molecule has 0 bridgehead atoms. The minimum Gasteiger partial charge on any atom is -0.380 e. The van der Waals surface area contributed by atoms with Crippen molar-refractivity contribution in [2.75, 3.05) is 5.32 Å². The van der Waals surface area contributed by atoms with E-state index in [0.717, 1.165) is 23.4 Å². The minimum atomic E-state index is -4.45. The summed E-state index contributed by atoms with van der Waals surface area (Å²) < 4.78 is 37.8. The fourth-order valence-corrected chi connectivity index (χ4v) is 1.77. The van der Waals surface area contributed by atoms with E-state index in [1.165, 1.54) is 6.07 Å². The standard InChI is InChI=1S/C15H12F3N3/c1-10-2-3-11(8-20-10)9-21-14-5-4-13(15(16,17)18)6-12(14)7-19/h2-6,8,21H,9H2,1H3. The van der Waals surface area contributed by atoms with Gasteiger partial charge in [0.05, 0.1) is 16.8 Å². The van der Waals surface area contributed by atoms with Crippen LogP contribution in [0.1, 0.15) is 22.4 Å². The highest BCUT2D eigenvalue weighted by Crippen LogP contribution is 2.31. The maximum atomic E-state index is 12.6. The number of aryl methyl sites for hydroxylation is 1. The molecule has 1 heterocycles. The van der Waals surface area contributed by atoms with E-state index in [1.807, 2.05) is 19.1 Å². The Labute approximate surface area is 120 Å². The highest BCUT2D eigenvalue weighted by atomic mass is 19.4. The van der Waals surface area contributed by atoms with Crippen molar-refractivity contribution < 1.29 is 13.2 Å². The molecule has 0 unspecified atom stereocenters. The molecule has 2 rings (SSSR count). The largest absolute Gasteiger partial charge is 0.416 e. The van der Waals surface area contributed by atoms with Crippen molar-refractivity contribution in [1.82, 2.24) is 4.98 Å². The van der Waals surface area contributed by atoms with Crippen LogP contribution >= 0.6 is 0 Å². The van der Waals surface area contributed by atoms with Gasteiger partial charge in [0.1, 0.15) is 6.07 Å². The van der Waals surface area contributed by atoms with E-state index in [1.54, 1.807) is 12.3 Å². The number of nitriles is 1. The predicted octanol–water partition coefficient (Wildman–Crippen LogP) is 3.89. The summed E-state index contributed by atoms with van der Waals surface area (Å²) in [6.07, 6.45) is -2.77. The molecule has 2 aromatic rings. The number of hydrogen-bond acceptors (Lipinski definition) is 3. The van der Waals surface area contributed by atoms with Crippen molar-refractivity contribution in [3.05, 3.63) is 58.9 Å². The number of hydrogen-bond donors (Lipinski definition) is 1. The molecular weight excluding hydrogens is 279 g/mol. The van der Waals surface area contributed by atoms with Crippen LogP contribution in [0.3, 0.4) is 0 Å². The van der Waals surface area contributed by atoms with E-state index >= 15 is 0 Å². The fourth-order valence-electron chi connectivity index (χ4n) is 1.77. The van der Waals surface area contributed by atoms with Gasteiger partial charge in [-0.15, -0.1) is 0 Å². The van der Waals surface area contributed by atoms with Gasteiger partial charge in [-0.2, -0.15) is 18.4 Å². The third-order valence-electron chi connectivity index (χ3n) is 2.92. The maximum Gasteiger partial charge on any atom is 0.416 e. The van der Waals surface area contributed by atoms with E-state index in [9.17, 15) is 13.2 Å². The van der Waals surface area contributed by atoms with Gasteiger partial charge in [0.15, 0.2) is 0 Å². The van der Waals surface area contributed by atoms with Crippen LogP contribution in [-0.2, 0) is 12.7 Å². The quantitative estimate of drug-likeness (QED) is 0.933. The van der Waals surface area contributed by atoms with E-state index in [4.69, 9.17) is 5.26 Å². The molecule has 108 valence electrons. The lowest BCUT2D eigenvalue weighted by molar-refractivity contribution is -0.137. The summed E-state index contributed by atoms with van der Waals surface area (Å²) in [6.45, 7) is 2.24. The lowest BCUT2D eigenvalue weighted by atomic mass is 10.1. The number of nitrogens with one attached hydrogen (secondary N) is 1. The lowest BCUT2D eigenvalue weighted by Gasteiger charge is -2.11. The molecule has 21 heavy (non-hydrogen) atoms. The molecule has 0 fully saturated rings. The van der Waals surface area contributed by atoms with Crippen molar-refractivity contribution in [2.24, 2.45) is 0 Å². The maximum absolute atomic E-state index is 12.6. The number of alkyl halides is 3. The van der Waals surface area contributed by atoms with Crippen LogP contribution in [0.25, 0.3) is 0 Å². The van der Waals surface area contributed by atoms with Crippen LogP contribution in [0.5, 0.6) is 0 Å². The van der Waals surface area contributed by atoms with E-state index in [2.05, 4.69) is 10.3 Å². The van der Waals surface area contributed by atoms with E-state index in [0.29, 0.717) is 12.2 Å². The number of benzene rings is 1. The molecule has 0 radical (unpaired) electrons. The van der Waals surface area contributed by atoms with Gasteiger partial charge in [-0.3, -0.25) is 4.98 Å². The monoisotopic (exact) mass is 291 g/mol. The average molecular weight is 291 g/mol. The van der Waals surface area contributed by atoms with Gasteiger partial charge in [-0.25, -0.2) is 0 Å². The Hall–Kier alpha value is -2.55. The molecule has 1 aromatic heterocycles. The Kier molecular flexibility index (Phi) is 4.13. The fraction of sp³-hybridized carbons (Fsp3) is 0.200. The van der Waals surface area contributed by atoms with Crippen LogP contribution < -0.4 is 5.32 Å². The molecule has 0 saturated heterocycles. The molecular formula is C15H12F3N3. The van der Waals surface area contributed by atoms with Gasteiger partial charge in [-0.05, 0) is 36.8 Å². The summed E-state index contributed by atoms with van der Waals surface area (Å²) in [6, 6.07) is 8.55. The van der Waals surface area contributed by atoms with Gasteiger partial charge in [0.25, 0.3) is 0 Å². The van der Waals surface area contributed by atoms with Gasteiger partial charge in [-0.1, -0.05) is 6.07 Å². The average Bonchev–Trinajstić information content (AvgIpc) is 2.45. The first-order valence-corrected chi connectivity index (χ1v) is 6.17. The van der Waals surface area contributed by atoms with Crippen LogP contribution in [0, 0.1) is 18.3 Å². The Balaban J connectivity index is 2.17. The zero-order chi connectivity index (χ0) is 15.5. The second kappa shape index (κ2) is 5.83. The highest BCUT2D eigenvalue weighted by Gasteiger charge is 2.31. The Morgan fingerprint density at radius 2 is 2.00 bits per heavy atom. The number of rotatable bonds is 3. The molecule has 0 aliphatic rings. The molecule has 0 aliphatic carbocycles. The van der Waals surface area contributed by atoms with Gasteiger partial charge in [0.2, 0.25) is 0 Å². The van der Waals surface area contributed by atoms with Crippen molar-refractivity contribution in [1.29, 1.82) is 5.26 Å². The van der Waals surface area contributed by atoms with Gasteiger partial charge in [0, 0.05) is 18.4 Å². The summed E-state index contributed by atoms with van der Waals surface area (Å²) in [5.74, 6) is 0. The van der Waals surface area contributed by atoms with Crippen LogP contribution in [0.2, 0.25) is 0 Å². The summed E-state index contributed by atoms with van der Waals surface area (Å²) >= 11 is 0. The highest BCUT2D eigenvalue weighted by molar-refractivity contribution is 5.59. The third-order valence-corrected chi connectivity index (χ3v) is 2.92. The first-order valence-electron chi connectivity index (χ1n) is 6.17. The zero-order valence-corrected chi connectivity index (χ0v) is 11.2. The lowest BCUT2D eigenvalue weighted by Crippen LogP contribution is -2.07. The van der Waals surface area contributed by atoms with Crippen LogP contribution in [0.4, 0.5) is 18.9 Å². The molecule has 1 N–H and O–H groups in total. The van der Waals surface area contributed by atoms with Crippen molar-refractivity contribution in [3.8, 4) is 6.07 Å². The molecule has 0 amide bonds. The molecule has 0 aliphatic heterocycles. The van der Waals surface area contributed by atoms with Gasteiger partial charge < -0.3 is 5.32 Å². The van der Waals surface area contributed by atoms with Crippen molar-refractivity contribution in [3.63, 3.8) is 0 Å². The second-order valence-corrected chi connectivity index (χ2v) is 4.53.